The lowest BCUT2D eigenvalue weighted by molar-refractivity contribution is -0.128. The van der Waals surface area contributed by atoms with Gasteiger partial charge in [-0.1, -0.05) is 22.0 Å². The minimum absolute atomic E-state index is 0.138. The highest BCUT2D eigenvalue weighted by Crippen LogP contribution is 2.22. The third-order valence-electron chi connectivity index (χ3n) is 2.44. The first-order valence-electron chi connectivity index (χ1n) is 5.60. The molecule has 94 valence electrons. The van der Waals surface area contributed by atoms with E-state index in [9.17, 15) is 4.79 Å². The molecule has 0 fully saturated rings. The van der Waals surface area contributed by atoms with Gasteiger partial charge in [0.2, 0.25) is 5.91 Å². The summed E-state index contributed by atoms with van der Waals surface area (Å²) in [6.07, 6.45) is 1.27. The van der Waals surface area contributed by atoms with E-state index in [-0.39, 0.29) is 5.91 Å². The number of aryl methyl sites for hydroxylation is 1. The van der Waals surface area contributed by atoms with Gasteiger partial charge >= 0.3 is 0 Å². The first kappa shape index (κ1) is 14.0. The molecule has 1 rings (SSSR count). The molecule has 17 heavy (non-hydrogen) atoms. The van der Waals surface area contributed by atoms with Crippen molar-refractivity contribution in [1.29, 1.82) is 0 Å². The van der Waals surface area contributed by atoms with Crippen LogP contribution < -0.4 is 4.74 Å². The second-order valence-corrected chi connectivity index (χ2v) is 5.07. The van der Waals surface area contributed by atoms with Gasteiger partial charge in [0.25, 0.3) is 0 Å². The molecule has 0 aliphatic rings. The maximum Gasteiger partial charge on any atom is 0.222 e. The van der Waals surface area contributed by atoms with E-state index in [1.165, 1.54) is 0 Å². The molecule has 0 aliphatic heterocycles. The Hall–Kier alpha value is -1.03. The Morgan fingerprint density at radius 2 is 2.12 bits per heavy atom. The zero-order chi connectivity index (χ0) is 12.8. The second kappa shape index (κ2) is 6.64. The van der Waals surface area contributed by atoms with Crippen LogP contribution in [0.3, 0.4) is 0 Å². The van der Waals surface area contributed by atoms with Gasteiger partial charge in [-0.05, 0) is 31.0 Å². The molecule has 0 saturated carbocycles. The molecule has 0 radical (unpaired) electrons. The van der Waals surface area contributed by atoms with E-state index in [1.807, 2.05) is 25.1 Å². The van der Waals surface area contributed by atoms with Gasteiger partial charge in [-0.3, -0.25) is 4.79 Å². The van der Waals surface area contributed by atoms with Crippen LogP contribution in [0.25, 0.3) is 0 Å². The molecule has 3 nitrogen and oxygen atoms in total. The van der Waals surface area contributed by atoms with Crippen molar-refractivity contribution in [3.63, 3.8) is 0 Å². The first-order valence-corrected chi connectivity index (χ1v) is 6.39. The van der Waals surface area contributed by atoms with Crippen molar-refractivity contribution < 1.29 is 9.53 Å². The molecule has 0 saturated heterocycles. The normalized spacial score (nSPS) is 10.1. The van der Waals surface area contributed by atoms with Crippen LogP contribution in [-0.4, -0.2) is 31.5 Å². The van der Waals surface area contributed by atoms with Crippen LogP contribution in [0.15, 0.2) is 22.7 Å². The SMILES string of the molecule is Cc1ccc(Br)cc1OCCCC(=O)N(C)C. The van der Waals surface area contributed by atoms with E-state index in [1.54, 1.807) is 19.0 Å². The summed E-state index contributed by atoms with van der Waals surface area (Å²) in [7, 11) is 3.53. The molecule has 0 heterocycles. The molecule has 0 N–H and O–H groups in total. The third-order valence-corrected chi connectivity index (χ3v) is 2.93. The average molecular weight is 300 g/mol. The zero-order valence-electron chi connectivity index (χ0n) is 10.5. The van der Waals surface area contributed by atoms with Gasteiger partial charge in [0.15, 0.2) is 0 Å². The zero-order valence-corrected chi connectivity index (χ0v) is 12.1. The highest BCUT2D eigenvalue weighted by atomic mass is 79.9. The van der Waals surface area contributed by atoms with Crippen LogP contribution in [0.2, 0.25) is 0 Å². The summed E-state index contributed by atoms with van der Waals surface area (Å²) in [4.78, 5) is 12.9. The van der Waals surface area contributed by atoms with Crippen molar-refractivity contribution in [3.8, 4) is 5.75 Å². The summed E-state index contributed by atoms with van der Waals surface area (Å²) in [5, 5.41) is 0. The summed E-state index contributed by atoms with van der Waals surface area (Å²) in [5.74, 6) is 1.01. The molecule has 1 aromatic rings. The number of halogens is 1. The van der Waals surface area contributed by atoms with Gasteiger partial charge in [-0.25, -0.2) is 0 Å². The number of nitrogens with zero attached hydrogens (tertiary/aromatic N) is 1. The fraction of sp³-hybridized carbons (Fsp3) is 0.462. The Bertz CT molecular complexity index is 391. The Morgan fingerprint density at radius 1 is 1.41 bits per heavy atom. The van der Waals surface area contributed by atoms with Crippen molar-refractivity contribution in [1.82, 2.24) is 4.90 Å². The summed E-state index contributed by atoms with van der Waals surface area (Å²) >= 11 is 3.41. The topological polar surface area (TPSA) is 29.5 Å². The monoisotopic (exact) mass is 299 g/mol. The number of benzene rings is 1. The Balaban J connectivity index is 2.36. The maximum absolute atomic E-state index is 11.3. The molecule has 0 unspecified atom stereocenters. The van der Waals surface area contributed by atoms with Crippen molar-refractivity contribution in [3.05, 3.63) is 28.2 Å². The van der Waals surface area contributed by atoms with Crippen molar-refractivity contribution in [2.24, 2.45) is 0 Å². The van der Waals surface area contributed by atoms with E-state index in [0.717, 1.165) is 22.2 Å². The van der Waals surface area contributed by atoms with Crippen LogP contribution in [0.1, 0.15) is 18.4 Å². The van der Waals surface area contributed by atoms with E-state index in [0.29, 0.717) is 13.0 Å². The number of carbonyl (C=O) groups excluding carboxylic acids is 1. The standard InChI is InChI=1S/C13H18BrNO2/c1-10-6-7-11(14)9-12(10)17-8-4-5-13(16)15(2)3/h6-7,9H,4-5,8H2,1-3H3. The van der Waals surface area contributed by atoms with Crippen LogP contribution >= 0.6 is 15.9 Å². The van der Waals surface area contributed by atoms with Crippen molar-refractivity contribution in [2.45, 2.75) is 19.8 Å². The summed E-state index contributed by atoms with van der Waals surface area (Å²) in [6, 6.07) is 5.94. The highest BCUT2D eigenvalue weighted by Gasteiger charge is 2.04. The molecule has 0 aliphatic carbocycles. The van der Waals surface area contributed by atoms with Crippen LogP contribution in [-0.2, 0) is 4.79 Å². The van der Waals surface area contributed by atoms with Crippen LogP contribution in [0.5, 0.6) is 5.75 Å². The quantitative estimate of drug-likeness (QED) is 0.782. The van der Waals surface area contributed by atoms with Crippen molar-refractivity contribution >= 4 is 21.8 Å². The predicted octanol–water partition coefficient (Wildman–Crippen LogP) is 3.00. The number of hydrogen-bond acceptors (Lipinski definition) is 2. The fourth-order valence-corrected chi connectivity index (χ4v) is 1.70. The van der Waals surface area contributed by atoms with Gasteiger partial charge in [0.05, 0.1) is 6.61 Å². The third kappa shape index (κ3) is 4.77. The van der Waals surface area contributed by atoms with E-state index in [2.05, 4.69) is 15.9 Å². The van der Waals surface area contributed by atoms with Gasteiger partial charge in [0.1, 0.15) is 5.75 Å². The van der Waals surface area contributed by atoms with E-state index >= 15 is 0 Å². The predicted molar refractivity (Wildman–Crippen MR) is 72.3 cm³/mol. The largest absolute Gasteiger partial charge is 0.493 e. The lowest BCUT2D eigenvalue weighted by Crippen LogP contribution is -2.21. The maximum atomic E-state index is 11.3. The minimum atomic E-state index is 0.138. The van der Waals surface area contributed by atoms with Gasteiger partial charge in [-0.15, -0.1) is 0 Å². The molecular weight excluding hydrogens is 282 g/mol. The minimum Gasteiger partial charge on any atom is -0.493 e. The Kier molecular flexibility index (Phi) is 5.48. The number of ether oxygens (including phenoxy) is 1. The smallest absolute Gasteiger partial charge is 0.222 e. The summed E-state index contributed by atoms with van der Waals surface area (Å²) in [6.45, 7) is 2.57. The fourth-order valence-electron chi connectivity index (χ4n) is 1.36. The highest BCUT2D eigenvalue weighted by molar-refractivity contribution is 9.10. The van der Waals surface area contributed by atoms with Crippen LogP contribution in [0.4, 0.5) is 0 Å². The molecule has 0 aromatic heterocycles. The number of amides is 1. The lowest BCUT2D eigenvalue weighted by Gasteiger charge is -2.11. The number of hydrogen-bond donors (Lipinski definition) is 0. The van der Waals surface area contributed by atoms with Gasteiger partial charge in [0, 0.05) is 25.0 Å². The van der Waals surface area contributed by atoms with Gasteiger partial charge < -0.3 is 9.64 Å². The van der Waals surface area contributed by atoms with E-state index < -0.39 is 0 Å². The first-order chi connectivity index (χ1) is 8.00. The molecule has 0 atom stereocenters. The summed E-state index contributed by atoms with van der Waals surface area (Å²) in [5.41, 5.74) is 1.10. The van der Waals surface area contributed by atoms with Gasteiger partial charge in [-0.2, -0.15) is 0 Å². The molecule has 4 heteroatoms. The molecule has 0 bridgehead atoms. The van der Waals surface area contributed by atoms with Crippen molar-refractivity contribution in [2.75, 3.05) is 20.7 Å². The summed E-state index contributed by atoms with van der Waals surface area (Å²) < 4.78 is 6.65. The molecule has 0 spiro atoms. The Morgan fingerprint density at radius 3 is 2.76 bits per heavy atom. The second-order valence-electron chi connectivity index (χ2n) is 4.15. The Labute approximate surface area is 111 Å². The van der Waals surface area contributed by atoms with Crippen LogP contribution in [0, 0.1) is 6.92 Å². The number of carbonyl (C=O) groups is 1. The molecule has 1 amide bonds. The van der Waals surface area contributed by atoms with E-state index in [4.69, 9.17) is 4.74 Å². The lowest BCUT2D eigenvalue weighted by atomic mass is 10.2. The molecule has 1 aromatic carbocycles. The average Bonchev–Trinajstić information content (AvgIpc) is 2.28. The number of rotatable bonds is 5. The molecular formula is C13H18BrNO2.